The Morgan fingerprint density at radius 3 is 2.53 bits per heavy atom. The Hall–Kier alpha value is -1.16. The molecule has 0 aromatic rings. The molecule has 9 atom stereocenters. The number of esters is 1. The van der Waals surface area contributed by atoms with Crippen molar-refractivity contribution in [1.29, 1.82) is 0 Å². The highest BCUT2D eigenvalue weighted by Gasteiger charge is 2.64. The second-order valence-corrected chi connectivity index (χ2v) is 11.9. The number of allylic oxidation sites excluding steroid dienone is 2. The molecule has 0 aromatic carbocycles. The number of hydrogen-bond donors (Lipinski definition) is 1. The quantitative estimate of drug-likeness (QED) is 0.435. The summed E-state index contributed by atoms with van der Waals surface area (Å²) in [5, 5.41) is 10.4. The van der Waals surface area contributed by atoms with E-state index in [0.29, 0.717) is 42.5 Å². The van der Waals surface area contributed by atoms with Crippen molar-refractivity contribution in [1.82, 2.24) is 0 Å². The Labute approximate surface area is 194 Å². The molecule has 0 saturated heterocycles. The van der Waals surface area contributed by atoms with Gasteiger partial charge in [-0.3, -0.25) is 9.59 Å². The number of hydrogen-bond acceptors (Lipinski definition) is 4. The Balaban J connectivity index is 1.57. The molecule has 0 heterocycles. The Kier molecular flexibility index (Phi) is 6.66. The largest absolute Gasteiger partial charge is 0.466 e. The van der Waals surface area contributed by atoms with Crippen molar-refractivity contribution in [2.45, 2.75) is 98.5 Å². The summed E-state index contributed by atoms with van der Waals surface area (Å²) in [6.45, 7) is 11.5. The van der Waals surface area contributed by atoms with E-state index in [1.54, 1.807) is 0 Å². The van der Waals surface area contributed by atoms with Gasteiger partial charge in [0, 0.05) is 12.3 Å². The van der Waals surface area contributed by atoms with Crippen molar-refractivity contribution in [3.63, 3.8) is 0 Å². The lowest BCUT2D eigenvalue weighted by Gasteiger charge is -2.61. The van der Waals surface area contributed by atoms with Crippen molar-refractivity contribution in [2.75, 3.05) is 6.61 Å². The Morgan fingerprint density at radius 2 is 1.84 bits per heavy atom. The minimum Gasteiger partial charge on any atom is -0.466 e. The van der Waals surface area contributed by atoms with Crippen molar-refractivity contribution in [3.8, 4) is 0 Å². The average molecular weight is 445 g/mol. The van der Waals surface area contributed by atoms with Gasteiger partial charge in [0.15, 0.2) is 5.78 Å². The van der Waals surface area contributed by atoms with Gasteiger partial charge < -0.3 is 9.84 Å². The number of aliphatic hydroxyl groups is 1. The van der Waals surface area contributed by atoms with Gasteiger partial charge in [-0.25, -0.2) is 0 Å². The number of fused-ring (bicyclic) bond motifs is 5. The molecule has 4 aliphatic rings. The molecule has 0 spiro atoms. The molecular weight excluding hydrogens is 400 g/mol. The van der Waals surface area contributed by atoms with E-state index in [4.69, 9.17) is 4.74 Å². The van der Waals surface area contributed by atoms with Crippen LogP contribution in [0.25, 0.3) is 0 Å². The van der Waals surface area contributed by atoms with Crippen molar-refractivity contribution < 1.29 is 19.4 Å². The molecule has 4 saturated carbocycles. The first-order chi connectivity index (χ1) is 15.2. The van der Waals surface area contributed by atoms with E-state index in [1.807, 2.05) is 13.8 Å². The molecule has 180 valence electrons. The molecule has 0 aromatic heterocycles. The van der Waals surface area contributed by atoms with Gasteiger partial charge in [-0.2, -0.15) is 0 Å². The number of carbonyl (C=O) groups is 2. The summed E-state index contributed by atoms with van der Waals surface area (Å²) in [7, 11) is 0. The molecule has 4 fully saturated rings. The summed E-state index contributed by atoms with van der Waals surface area (Å²) in [4.78, 5) is 25.9. The Bertz CT molecular complexity index is 771. The first-order valence-corrected chi connectivity index (χ1v) is 13.2. The third kappa shape index (κ3) is 3.69. The fourth-order valence-corrected chi connectivity index (χ4v) is 8.94. The summed E-state index contributed by atoms with van der Waals surface area (Å²) in [6.07, 6.45) is 10.5. The van der Waals surface area contributed by atoms with Crippen LogP contribution in [0.1, 0.15) is 92.4 Å². The van der Waals surface area contributed by atoms with E-state index in [-0.39, 0.29) is 34.7 Å². The summed E-state index contributed by atoms with van der Waals surface area (Å²) in [6, 6.07) is 0. The molecule has 1 N–H and O–H groups in total. The van der Waals surface area contributed by atoms with E-state index in [0.717, 1.165) is 44.1 Å². The lowest BCUT2D eigenvalue weighted by atomic mass is 9.43. The number of carbonyl (C=O) groups excluding carboxylic acids is 2. The van der Waals surface area contributed by atoms with Crippen LogP contribution in [-0.4, -0.2) is 29.6 Å². The van der Waals surface area contributed by atoms with E-state index < -0.39 is 0 Å². The minimum atomic E-state index is -0.266. The highest BCUT2D eigenvalue weighted by atomic mass is 16.5. The van der Waals surface area contributed by atoms with Gasteiger partial charge in [-0.1, -0.05) is 26.8 Å². The van der Waals surface area contributed by atoms with E-state index in [9.17, 15) is 14.7 Å². The maximum absolute atomic E-state index is 13.9. The van der Waals surface area contributed by atoms with Crippen LogP contribution in [0.5, 0.6) is 0 Å². The first kappa shape index (κ1) is 24.0. The van der Waals surface area contributed by atoms with Crippen LogP contribution in [0, 0.1) is 46.3 Å². The number of aliphatic hydroxyl groups excluding tert-OH is 1. The zero-order valence-electron chi connectivity index (χ0n) is 20.9. The molecule has 0 aliphatic heterocycles. The van der Waals surface area contributed by atoms with E-state index in [1.165, 1.54) is 12.8 Å². The van der Waals surface area contributed by atoms with Crippen LogP contribution in [0.3, 0.4) is 0 Å². The van der Waals surface area contributed by atoms with Gasteiger partial charge in [-0.15, -0.1) is 0 Å². The first-order valence-electron chi connectivity index (χ1n) is 13.2. The van der Waals surface area contributed by atoms with Gasteiger partial charge in [0.05, 0.1) is 12.7 Å². The maximum atomic E-state index is 13.9. The van der Waals surface area contributed by atoms with Crippen LogP contribution in [0.2, 0.25) is 0 Å². The maximum Gasteiger partial charge on any atom is 0.305 e. The second-order valence-electron chi connectivity index (χ2n) is 11.9. The zero-order valence-corrected chi connectivity index (χ0v) is 20.9. The average Bonchev–Trinajstić information content (AvgIpc) is 3.11. The lowest BCUT2D eigenvalue weighted by Crippen LogP contribution is -2.58. The number of ether oxygens (including phenoxy) is 1. The van der Waals surface area contributed by atoms with Crippen LogP contribution in [0.15, 0.2) is 11.6 Å². The standard InChI is InChI=1S/C28H44O4/c1-6-19-23-16-18(29)12-14-28(23,5)22-13-15-27(4)20(9-10-21(27)25(22)26(19)31)17(3)8-11-24(30)32-7-2/h6,17-18,20-23,25,29H,7-16H2,1-5H3/t17?,18-,20-,21+,22+,23+,25+,27-,28-/m1/s1. The molecule has 0 bridgehead atoms. The van der Waals surface area contributed by atoms with Crippen molar-refractivity contribution >= 4 is 11.8 Å². The van der Waals surface area contributed by atoms with Gasteiger partial charge in [0.2, 0.25) is 0 Å². The number of ketones is 1. The predicted octanol–water partition coefficient (Wildman–Crippen LogP) is 5.72. The van der Waals surface area contributed by atoms with Crippen LogP contribution >= 0.6 is 0 Å². The molecule has 0 amide bonds. The van der Waals surface area contributed by atoms with Gasteiger partial charge in [0.25, 0.3) is 0 Å². The van der Waals surface area contributed by atoms with Gasteiger partial charge in [0.1, 0.15) is 0 Å². The molecular formula is C28H44O4. The van der Waals surface area contributed by atoms with E-state index >= 15 is 0 Å². The number of rotatable bonds is 5. The monoisotopic (exact) mass is 444 g/mol. The van der Waals surface area contributed by atoms with Crippen LogP contribution < -0.4 is 0 Å². The summed E-state index contributed by atoms with van der Waals surface area (Å²) >= 11 is 0. The summed E-state index contributed by atoms with van der Waals surface area (Å²) in [5.41, 5.74) is 1.32. The summed E-state index contributed by atoms with van der Waals surface area (Å²) < 4.78 is 5.16. The second kappa shape index (κ2) is 8.89. The summed E-state index contributed by atoms with van der Waals surface area (Å²) in [5.74, 6) is 2.61. The third-order valence-electron chi connectivity index (χ3n) is 10.6. The molecule has 4 aliphatic carbocycles. The van der Waals surface area contributed by atoms with Gasteiger partial charge in [-0.05, 0) is 111 Å². The molecule has 4 nitrogen and oxygen atoms in total. The van der Waals surface area contributed by atoms with Crippen LogP contribution in [0.4, 0.5) is 0 Å². The van der Waals surface area contributed by atoms with Crippen molar-refractivity contribution in [2.24, 2.45) is 46.3 Å². The SMILES string of the molecule is CC=C1C(=O)[C@@H]2[C@H](CC[C@]3(C)[C@@H](C(C)CCC(=O)OCC)CC[C@@H]23)[C@@]2(C)CC[C@@H](O)C[C@@H]12. The molecule has 4 rings (SSSR count). The van der Waals surface area contributed by atoms with Gasteiger partial charge >= 0.3 is 5.97 Å². The molecule has 4 heteroatoms. The predicted molar refractivity (Wildman–Crippen MR) is 126 cm³/mol. The smallest absolute Gasteiger partial charge is 0.305 e. The van der Waals surface area contributed by atoms with Crippen LogP contribution in [-0.2, 0) is 14.3 Å². The topological polar surface area (TPSA) is 63.6 Å². The molecule has 0 radical (unpaired) electrons. The van der Waals surface area contributed by atoms with E-state index in [2.05, 4.69) is 26.8 Å². The minimum absolute atomic E-state index is 0.0820. The highest BCUT2D eigenvalue weighted by molar-refractivity contribution is 5.99. The molecule has 1 unspecified atom stereocenters. The number of Topliss-reactive ketones (excluding diaryl/α,β-unsaturated/α-hetero) is 1. The lowest BCUT2D eigenvalue weighted by molar-refractivity contribution is -0.150. The molecule has 32 heavy (non-hydrogen) atoms. The normalized spacial score (nSPS) is 45.7. The fourth-order valence-electron chi connectivity index (χ4n) is 8.94. The highest BCUT2D eigenvalue weighted by Crippen LogP contribution is 2.68. The third-order valence-corrected chi connectivity index (χ3v) is 10.6. The van der Waals surface area contributed by atoms with Crippen molar-refractivity contribution in [3.05, 3.63) is 11.6 Å². The fraction of sp³-hybridized carbons (Fsp3) is 0.857. The zero-order chi connectivity index (χ0) is 23.3. The Morgan fingerprint density at radius 1 is 1.16 bits per heavy atom.